The third-order valence-corrected chi connectivity index (χ3v) is 4.82. The Bertz CT molecular complexity index is 474. The minimum absolute atomic E-state index is 0.300. The van der Waals surface area contributed by atoms with Gasteiger partial charge in [-0.05, 0) is 12.5 Å². The summed E-state index contributed by atoms with van der Waals surface area (Å²) < 4.78 is 5.39. The van der Waals surface area contributed by atoms with Gasteiger partial charge in [-0.25, -0.2) is 0 Å². The van der Waals surface area contributed by atoms with Gasteiger partial charge in [-0.15, -0.1) is 0 Å². The van der Waals surface area contributed by atoms with Gasteiger partial charge < -0.3 is 10.1 Å². The molecule has 114 valence electrons. The van der Waals surface area contributed by atoms with Gasteiger partial charge in [0, 0.05) is 31.4 Å². The van der Waals surface area contributed by atoms with Crippen molar-refractivity contribution in [3.05, 3.63) is 35.9 Å². The van der Waals surface area contributed by atoms with E-state index in [1.807, 2.05) is 11.8 Å². The fourth-order valence-electron chi connectivity index (χ4n) is 2.73. The first kappa shape index (κ1) is 14.9. The Morgan fingerprint density at radius 3 is 2.86 bits per heavy atom. The van der Waals surface area contributed by atoms with Crippen LogP contribution in [-0.2, 0) is 4.74 Å². The number of hydrogen-bond donors (Lipinski definition) is 1. The highest BCUT2D eigenvalue weighted by atomic mass is 32.2. The topological polar surface area (TPSA) is 36.9 Å². The minimum Gasteiger partial charge on any atom is -0.379 e. The maximum atomic E-state index is 5.39. The molecule has 0 aliphatic carbocycles. The summed E-state index contributed by atoms with van der Waals surface area (Å²) in [4.78, 5) is 7.27. The molecule has 0 bridgehead atoms. The number of ether oxygens (including phenoxy) is 1. The van der Waals surface area contributed by atoms with Crippen molar-refractivity contribution < 1.29 is 4.74 Å². The Balaban J connectivity index is 1.51. The molecule has 1 saturated heterocycles. The summed E-state index contributed by atoms with van der Waals surface area (Å²) in [6.07, 6.45) is 0. The Kier molecular flexibility index (Phi) is 5.17. The zero-order chi connectivity index (χ0) is 14.5. The molecule has 3 rings (SSSR count). The Morgan fingerprint density at radius 2 is 2.10 bits per heavy atom. The lowest BCUT2D eigenvalue weighted by Gasteiger charge is -2.29. The van der Waals surface area contributed by atoms with Crippen molar-refractivity contribution >= 4 is 16.9 Å². The smallest absolute Gasteiger partial charge is 0.157 e. The summed E-state index contributed by atoms with van der Waals surface area (Å²) >= 11 is 1.83. The molecule has 2 aliphatic rings. The molecule has 2 heterocycles. The monoisotopic (exact) mass is 305 g/mol. The second kappa shape index (κ2) is 7.29. The predicted octanol–water partition coefficient (Wildman–Crippen LogP) is 2.14. The second-order valence-corrected chi connectivity index (χ2v) is 6.64. The lowest BCUT2D eigenvalue weighted by Crippen LogP contribution is -2.45. The zero-order valence-corrected chi connectivity index (χ0v) is 13.3. The van der Waals surface area contributed by atoms with Gasteiger partial charge in [0.05, 0.1) is 19.3 Å². The number of nitrogens with zero attached hydrogens (tertiary/aromatic N) is 2. The molecule has 1 fully saturated rings. The van der Waals surface area contributed by atoms with Crippen molar-refractivity contribution in [2.24, 2.45) is 4.99 Å². The van der Waals surface area contributed by atoms with Crippen molar-refractivity contribution in [2.45, 2.75) is 19.0 Å². The minimum atomic E-state index is 0.300. The first-order valence-electron chi connectivity index (χ1n) is 7.63. The van der Waals surface area contributed by atoms with Gasteiger partial charge in [0.2, 0.25) is 0 Å². The number of amidine groups is 1. The Morgan fingerprint density at radius 1 is 1.33 bits per heavy atom. The Hall–Kier alpha value is -1.04. The summed E-state index contributed by atoms with van der Waals surface area (Å²) in [5, 5.41) is 4.64. The average Bonchev–Trinajstić information content (AvgIpc) is 2.97. The molecule has 0 amide bonds. The number of hydrogen-bond acceptors (Lipinski definition) is 5. The van der Waals surface area contributed by atoms with Crippen LogP contribution in [0.4, 0.5) is 0 Å². The third-order valence-electron chi connectivity index (χ3n) is 3.84. The van der Waals surface area contributed by atoms with Crippen LogP contribution in [-0.4, -0.2) is 54.7 Å². The van der Waals surface area contributed by atoms with E-state index in [1.54, 1.807) is 0 Å². The molecule has 0 radical (unpaired) electrons. The van der Waals surface area contributed by atoms with Gasteiger partial charge in [0.15, 0.2) is 5.17 Å². The number of aliphatic imine (C=N–C) groups is 1. The molecule has 0 spiro atoms. The molecule has 0 aromatic heterocycles. The molecule has 2 unspecified atom stereocenters. The number of morpholine rings is 1. The maximum absolute atomic E-state index is 5.39. The van der Waals surface area contributed by atoms with Crippen LogP contribution in [0.1, 0.15) is 18.5 Å². The van der Waals surface area contributed by atoms with Crippen molar-refractivity contribution in [1.82, 2.24) is 10.2 Å². The van der Waals surface area contributed by atoms with Crippen molar-refractivity contribution in [1.29, 1.82) is 0 Å². The molecule has 1 aromatic rings. The number of nitrogens with one attached hydrogen (secondary N) is 1. The van der Waals surface area contributed by atoms with E-state index in [4.69, 9.17) is 9.73 Å². The van der Waals surface area contributed by atoms with Crippen LogP contribution in [0.15, 0.2) is 35.3 Å². The third kappa shape index (κ3) is 4.22. The van der Waals surface area contributed by atoms with E-state index in [-0.39, 0.29) is 0 Å². The molecule has 2 aliphatic heterocycles. The molecular weight excluding hydrogens is 282 g/mol. The van der Waals surface area contributed by atoms with Crippen LogP contribution in [0, 0.1) is 0 Å². The fourth-order valence-corrected chi connectivity index (χ4v) is 3.80. The number of benzene rings is 1. The van der Waals surface area contributed by atoms with Crippen LogP contribution in [0.2, 0.25) is 0 Å². The van der Waals surface area contributed by atoms with Gasteiger partial charge in [0.1, 0.15) is 0 Å². The van der Waals surface area contributed by atoms with E-state index in [0.717, 1.165) is 43.8 Å². The molecule has 1 aromatic carbocycles. The maximum Gasteiger partial charge on any atom is 0.157 e. The van der Waals surface area contributed by atoms with Crippen molar-refractivity contribution in [2.75, 3.05) is 38.6 Å². The predicted molar refractivity (Wildman–Crippen MR) is 88.9 cm³/mol. The number of thioether (sulfide) groups is 1. The average molecular weight is 305 g/mol. The highest BCUT2D eigenvalue weighted by molar-refractivity contribution is 8.14. The fraction of sp³-hybridized carbons (Fsp3) is 0.562. The molecule has 4 nitrogen and oxygen atoms in total. The zero-order valence-electron chi connectivity index (χ0n) is 12.5. The molecule has 1 N–H and O–H groups in total. The summed E-state index contributed by atoms with van der Waals surface area (Å²) in [6.45, 7) is 7.08. The van der Waals surface area contributed by atoms with E-state index in [0.29, 0.717) is 12.1 Å². The van der Waals surface area contributed by atoms with Gasteiger partial charge in [-0.1, -0.05) is 42.1 Å². The Labute approximate surface area is 131 Å². The summed E-state index contributed by atoms with van der Waals surface area (Å²) in [6, 6.07) is 11.3. The van der Waals surface area contributed by atoms with E-state index < -0.39 is 0 Å². The van der Waals surface area contributed by atoms with E-state index in [1.165, 1.54) is 5.56 Å². The standard InChI is InChI=1S/C16H23N3OS/c1-13(11-19-7-9-20-10-8-19)17-16-18-15(12-21-16)14-5-3-2-4-6-14/h2-6,13,15H,7-12H2,1H3,(H,17,18). The van der Waals surface area contributed by atoms with Crippen molar-refractivity contribution in [3.8, 4) is 0 Å². The van der Waals surface area contributed by atoms with Crippen LogP contribution in [0.25, 0.3) is 0 Å². The SMILES string of the molecule is CC(CN1CCOCC1)NC1=NC(c2ccccc2)CS1. The van der Waals surface area contributed by atoms with Gasteiger partial charge in [0.25, 0.3) is 0 Å². The van der Waals surface area contributed by atoms with Crippen LogP contribution >= 0.6 is 11.8 Å². The largest absolute Gasteiger partial charge is 0.379 e. The molecule has 5 heteroatoms. The lowest BCUT2D eigenvalue weighted by atomic mass is 10.1. The molecule has 2 atom stereocenters. The summed E-state index contributed by atoms with van der Waals surface area (Å²) in [5.41, 5.74) is 1.31. The van der Waals surface area contributed by atoms with Crippen molar-refractivity contribution in [3.63, 3.8) is 0 Å². The van der Waals surface area contributed by atoms with Gasteiger partial charge >= 0.3 is 0 Å². The normalized spacial score (nSPS) is 24.6. The first-order valence-corrected chi connectivity index (χ1v) is 8.62. The summed E-state index contributed by atoms with van der Waals surface area (Å²) in [7, 11) is 0. The second-order valence-electron chi connectivity index (χ2n) is 5.63. The quantitative estimate of drug-likeness (QED) is 0.925. The highest BCUT2D eigenvalue weighted by Gasteiger charge is 2.21. The molecule has 0 saturated carbocycles. The lowest BCUT2D eigenvalue weighted by molar-refractivity contribution is 0.0353. The van der Waals surface area contributed by atoms with Gasteiger partial charge in [-0.3, -0.25) is 9.89 Å². The first-order chi connectivity index (χ1) is 10.3. The summed E-state index contributed by atoms with van der Waals surface area (Å²) in [5.74, 6) is 1.04. The van der Waals surface area contributed by atoms with Crippen LogP contribution in [0.5, 0.6) is 0 Å². The van der Waals surface area contributed by atoms with E-state index in [2.05, 4.69) is 47.5 Å². The van der Waals surface area contributed by atoms with E-state index >= 15 is 0 Å². The molecular formula is C16H23N3OS. The number of rotatable bonds is 4. The van der Waals surface area contributed by atoms with Gasteiger partial charge in [-0.2, -0.15) is 0 Å². The molecule has 21 heavy (non-hydrogen) atoms. The highest BCUT2D eigenvalue weighted by Crippen LogP contribution is 2.29. The van der Waals surface area contributed by atoms with Crippen LogP contribution in [0.3, 0.4) is 0 Å². The van der Waals surface area contributed by atoms with Crippen LogP contribution < -0.4 is 5.32 Å². The van der Waals surface area contributed by atoms with E-state index in [9.17, 15) is 0 Å².